The van der Waals surface area contributed by atoms with Crippen LogP contribution in [0.15, 0.2) is 48.5 Å². The van der Waals surface area contributed by atoms with Gasteiger partial charge >= 0.3 is 0 Å². The molecule has 168 valence electrons. The lowest BCUT2D eigenvalue weighted by Gasteiger charge is -2.43. The van der Waals surface area contributed by atoms with Crippen LogP contribution in [0.2, 0.25) is 5.02 Å². The summed E-state index contributed by atoms with van der Waals surface area (Å²) in [5.41, 5.74) is 1.67. The second kappa shape index (κ2) is 8.94. The standard InChI is InChI=1S/C25H29ClN4O2/c1-17(2)12-14-27-24(32)25(3)16-29-21-7-5-4-6-20(21)28-22(29)23(31)30(25)15-13-18-8-10-19(26)11-9-18/h4-11,17H,12-16H2,1-3H3,(H,27,32)/t25-/m0/s1. The summed E-state index contributed by atoms with van der Waals surface area (Å²) in [7, 11) is 0. The quantitative estimate of drug-likeness (QED) is 0.580. The highest BCUT2D eigenvalue weighted by molar-refractivity contribution is 6.30. The SMILES string of the molecule is CC(C)CCNC(=O)[C@]1(C)Cn2c(nc3ccccc32)C(=O)N1CCc1ccc(Cl)cc1. The van der Waals surface area contributed by atoms with Gasteiger partial charge in [0.1, 0.15) is 5.54 Å². The number of carbonyl (C=O) groups is 2. The highest BCUT2D eigenvalue weighted by Crippen LogP contribution is 2.31. The molecule has 0 saturated carbocycles. The molecule has 0 saturated heterocycles. The molecular weight excluding hydrogens is 424 g/mol. The maximum Gasteiger partial charge on any atom is 0.290 e. The number of amides is 2. The minimum atomic E-state index is -1.02. The molecule has 6 nitrogen and oxygen atoms in total. The smallest absolute Gasteiger partial charge is 0.290 e. The Morgan fingerprint density at radius 3 is 2.62 bits per heavy atom. The Kier molecular flexibility index (Phi) is 6.24. The van der Waals surface area contributed by atoms with Gasteiger partial charge < -0.3 is 14.8 Å². The third-order valence-corrected chi connectivity index (χ3v) is 6.44. The van der Waals surface area contributed by atoms with Gasteiger partial charge in [0, 0.05) is 18.1 Å². The summed E-state index contributed by atoms with van der Waals surface area (Å²) in [6.45, 7) is 7.47. The number of halogens is 1. The van der Waals surface area contributed by atoms with Crippen molar-refractivity contribution in [3.05, 3.63) is 64.9 Å². The second-order valence-corrected chi connectivity index (χ2v) is 9.49. The molecule has 0 spiro atoms. The molecule has 1 aromatic heterocycles. The van der Waals surface area contributed by atoms with Gasteiger partial charge in [-0.2, -0.15) is 0 Å². The average Bonchev–Trinajstić information content (AvgIpc) is 3.13. The van der Waals surface area contributed by atoms with E-state index in [1.807, 2.05) is 60.0 Å². The molecule has 2 amide bonds. The molecule has 7 heteroatoms. The van der Waals surface area contributed by atoms with Crippen molar-refractivity contribution >= 4 is 34.4 Å². The topological polar surface area (TPSA) is 67.2 Å². The van der Waals surface area contributed by atoms with E-state index in [1.165, 1.54) is 0 Å². The third kappa shape index (κ3) is 4.24. The van der Waals surface area contributed by atoms with Crippen LogP contribution in [-0.4, -0.2) is 44.9 Å². The van der Waals surface area contributed by atoms with Crippen LogP contribution in [0.4, 0.5) is 0 Å². The van der Waals surface area contributed by atoms with Crippen molar-refractivity contribution in [2.75, 3.05) is 13.1 Å². The van der Waals surface area contributed by atoms with E-state index in [4.69, 9.17) is 11.6 Å². The van der Waals surface area contributed by atoms with E-state index in [-0.39, 0.29) is 11.8 Å². The number of carbonyl (C=O) groups excluding carboxylic acids is 2. The Balaban J connectivity index is 1.67. The number of hydrogen-bond acceptors (Lipinski definition) is 3. The van der Waals surface area contributed by atoms with Crippen LogP contribution in [0.1, 0.15) is 43.4 Å². The Hall–Kier alpha value is -2.86. The zero-order valence-corrected chi connectivity index (χ0v) is 19.5. The van der Waals surface area contributed by atoms with E-state index in [2.05, 4.69) is 24.1 Å². The van der Waals surface area contributed by atoms with Crippen LogP contribution in [0, 0.1) is 5.92 Å². The molecular formula is C25H29ClN4O2. The number of fused-ring (bicyclic) bond motifs is 3. The van der Waals surface area contributed by atoms with Gasteiger partial charge in [-0.25, -0.2) is 4.98 Å². The Bertz CT molecular complexity index is 1140. The van der Waals surface area contributed by atoms with E-state index in [0.717, 1.165) is 23.0 Å². The van der Waals surface area contributed by atoms with Crippen molar-refractivity contribution in [2.24, 2.45) is 5.92 Å². The van der Waals surface area contributed by atoms with Crippen molar-refractivity contribution in [1.82, 2.24) is 19.8 Å². The zero-order valence-electron chi connectivity index (χ0n) is 18.8. The Labute approximate surface area is 193 Å². The van der Waals surface area contributed by atoms with Gasteiger partial charge in [0.05, 0.1) is 17.6 Å². The summed E-state index contributed by atoms with van der Waals surface area (Å²) in [5, 5.41) is 3.74. The molecule has 32 heavy (non-hydrogen) atoms. The molecule has 0 unspecified atom stereocenters. The van der Waals surface area contributed by atoms with Crippen LogP contribution < -0.4 is 5.32 Å². The Morgan fingerprint density at radius 1 is 1.19 bits per heavy atom. The number of para-hydroxylation sites is 2. The van der Waals surface area contributed by atoms with E-state index in [9.17, 15) is 9.59 Å². The lowest BCUT2D eigenvalue weighted by atomic mass is 9.94. The number of benzene rings is 2. The zero-order chi connectivity index (χ0) is 22.9. The maximum atomic E-state index is 13.6. The van der Waals surface area contributed by atoms with Gasteiger partial charge in [0.25, 0.3) is 5.91 Å². The molecule has 3 aromatic rings. The molecule has 4 rings (SSSR count). The normalized spacial score (nSPS) is 18.3. The number of rotatable bonds is 7. The largest absolute Gasteiger partial charge is 0.354 e. The van der Waals surface area contributed by atoms with Crippen LogP contribution >= 0.6 is 11.6 Å². The lowest BCUT2D eigenvalue weighted by Crippen LogP contribution is -2.64. The average molecular weight is 453 g/mol. The number of imidazole rings is 1. The fourth-order valence-electron chi connectivity index (χ4n) is 4.24. The van der Waals surface area contributed by atoms with E-state index < -0.39 is 5.54 Å². The summed E-state index contributed by atoms with van der Waals surface area (Å²) in [6, 6.07) is 15.2. The Morgan fingerprint density at radius 2 is 1.91 bits per heavy atom. The molecule has 0 aliphatic carbocycles. The number of aromatic nitrogens is 2. The summed E-state index contributed by atoms with van der Waals surface area (Å²) in [6.07, 6.45) is 1.51. The van der Waals surface area contributed by atoms with Crippen LogP contribution in [-0.2, 0) is 17.8 Å². The predicted octanol–water partition coefficient (Wildman–Crippen LogP) is 4.31. The molecule has 1 aliphatic heterocycles. The summed E-state index contributed by atoms with van der Waals surface area (Å²) in [4.78, 5) is 33.3. The second-order valence-electron chi connectivity index (χ2n) is 9.06. The van der Waals surface area contributed by atoms with Crippen molar-refractivity contribution in [3.8, 4) is 0 Å². The summed E-state index contributed by atoms with van der Waals surface area (Å²) >= 11 is 6.01. The highest BCUT2D eigenvalue weighted by atomic mass is 35.5. The number of hydrogen-bond donors (Lipinski definition) is 1. The van der Waals surface area contributed by atoms with Crippen molar-refractivity contribution < 1.29 is 9.59 Å². The molecule has 0 bridgehead atoms. The lowest BCUT2D eigenvalue weighted by molar-refractivity contribution is -0.132. The number of nitrogens with zero attached hydrogens (tertiary/aromatic N) is 3. The van der Waals surface area contributed by atoms with E-state index >= 15 is 0 Å². The van der Waals surface area contributed by atoms with Crippen LogP contribution in [0.25, 0.3) is 11.0 Å². The first kappa shape index (κ1) is 22.3. The van der Waals surface area contributed by atoms with Gasteiger partial charge in [-0.15, -0.1) is 0 Å². The van der Waals surface area contributed by atoms with Crippen molar-refractivity contribution in [1.29, 1.82) is 0 Å². The molecule has 0 radical (unpaired) electrons. The molecule has 0 fully saturated rings. The van der Waals surface area contributed by atoms with Crippen LogP contribution in [0.3, 0.4) is 0 Å². The molecule has 1 N–H and O–H groups in total. The molecule has 2 heterocycles. The van der Waals surface area contributed by atoms with E-state index in [1.54, 1.807) is 4.90 Å². The summed E-state index contributed by atoms with van der Waals surface area (Å²) < 4.78 is 1.89. The third-order valence-electron chi connectivity index (χ3n) is 6.19. The molecule has 2 aromatic carbocycles. The van der Waals surface area contributed by atoms with Gasteiger partial charge in [0.15, 0.2) is 5.82 Å². The molecule has 1 aliphatic rings. The molecule has 1 atom stereocenters. The van der Waals surface area contributed by atoms with Gasteiger partial charge in [-0.1, -0.05) is 49.7 Å². The van der Waals surface area contributed by atoms with Crippen molar-refractivity contribution in [3.63, 3.8) is 0 Å². The fourth-order valence-corrected chi connectivity index (χ4v) is 4.36. The van der Waals surface area contributed by atoms with Crippen molar-refractivity contribution in [2.45, 2.75) is 45.7 Å². The van der Waals surface area contributed by atoms with Gasteiger partial charge in [-0.3, -0.25) is 9.59 Å². The first-order valence-corrected chi connectivity index (χ1v) is 11.5. The predicted molar refractivity (Wildman–Crippen MR) is 127 cm³/mol. The minimum absolute atomic E-state index is 0.133. The monoisotopic (exact) mass is 452 g/mol. The van der Waals surface area contributed by atoms with Crippen LogP contribution in [0.5, 0.6) is 0 Å². The number of nitrogens with one attached hydrogen (secondary N) is 1. The maximum absolute atomic E-state index is 13.6. The van der Waals surface area contributed by atoms with Gasteiger partial charge in [-0.05, 0) is 55.5 Å². The van der Waals surface area contributed by atoms with E-state index in [0.29, 0.717) is 42.8 Å². The van der Waals surface area contributed by atoms with Gasteiger partial charge in [0.2, 0.25) is 5.91 Å². The highest BCUT2D eigenvalue weighted by Gasteiger charge is 2.48. The first-order chi connectivity index (χ1) is 15.3. The fraction of sp³-hybridized carbons (Fsp3) is 0.400. The summed E-state index contributed by atoms with van der Waals surface area (Å²) in [5.74, 6) is 0.519. The first-order valence-electron chi connectivity index (χ1n) is 11.1. The minimum Gasteiger partial charge on any atom is -0.354 e.